The molecule has 2 aliphatic heterocycles. The maximum atomic E-state index is 12.3. The van der Waals surface area contributed by atoms with Gasteiger partial charge in [0.15, 0.2) is 5.89 Å². The Morgan fingerprint density at radius 1 is 1.40 bits per heavy atom. The minimum absolute atomic E-state index is 0.323. The number of nitrogens with zero attached hydrogens (tertiary/aromatic N) is 3. The zero-order valence-electron chi connectivity index (χ0n) is 15.7. The van der Waals surface area contributed by atoms with E-state index >= 15 is 0 Å². The molecule has 1 aromatic rings. The van der Waals surface area contributed by atoms with Crippen molar-refractivity contribution < 1.29 is 13.9 Å². The number of amides is 1. The van der Waals surface area contributed by atoms with Gasteiger partial charge in [-0.3, -0.25) is 9.69 Å². The number of likely N-dealkylation sites (tertiary alicyclic amines) is 2. The summed E-state index contributed by atoms with van der Waals surface area (Å²) in [7, 11) is 1.72. The molecule has 2 aliphatic rings. The average Bonchev–Trinajstić information content (AvgIpc) is 3.06. The Hall–Kier alpha value is -1.40. The van der Waals surface area contributed by atoms with Crippen LogP contribution >= 0.6 is 0 Å². The number of aromatic nitrogens is 1. The molecule has 0 saturated carbocycles. The van der Waals surface area contributed by atoms with E-state index in [0.29, 0.717) is 30.2 Å². The monoisotopic (exact) mass is 349 g/mol. The highest BCUT2D eigenvalue weighted by Gasteiger charge is 2.39. The van der Waals surface area contributed by atoms with Gasteiger partial charge >= 0.3 is 0 Å². The molecule has 0 radical (unpaired) electrons. The van der Waals surface area contributed by atoms with Gasteiger partial charge in [0.1, 0.15) is 6.26 Å². The van der Waals surface area contributed by atoms with Crippen molar-refractivity contribution in [3.05, 3.63) is 17.8 Å². The lowest BCUT2D eigenvalue weighted by atomic mass is 9.83. The number of oxazole rings is 1. The molecule has 25 heavy (non-hydrogen) atoms. The van der Waals surface area contributed by atoms with Crippen molar-refractivity contribution in [3.8, 4) is 0 Å². The summed E-state index contributed by atoms with van der Waals surface area (Å²) in [4.78, 5) is 21.5. The molecular formula is C19H31N3O3. The third-order valence-corrected chi connectivity index (χ3v) is 5.42. The first-order valence-electron chi connectivity index (χ1n) is 9.53. The number of ether oxygens (including phenoxy) is 1. The first-order chi connectivity index (χ1) is 12.1. The topological polar surface area (TPSA) is 58.8 Å². The normalized spacial score (nSPS) is 24.8. The fourth-order valence-corrected chi connectivity index (χ4v) is 4.13. The van der Waals surface area contributed by atoms with E-state index in [4.69, 9.17) is 9.15 Å². The number of fused-ring (bicyclic) bond motifs is 1. The van der Waals surface area contributed by atoms with Crippen LogP contribution in [0.3, 0.4) is 0 Å². The Morgan fingerprint density at radius 2 is 2.24 bits per heavy atom. The SMILES string of the molecule is COCCCN1C(=O)CC[C@H]2CN(Cc3coc(C(C)C)n3)CC[C@H]21. The van der Waals surface area contributed by atoms with E-state index in [1.807, 2.05) is 0 Å². The number of piperidine rings is 2. The average molecular weight is 349 g/mol. The third-order valence-electron chi connectivity index (χ3n) is 5.42. The molecule has 2 saturated heterocycles. The standard InChI is InChI=1S/C19H31N3O3/c1-14(2)19-20-16(13-25-19)12-21-9-7-17-15(11-21)5-6-18(23)22(17)8-4-10-24-3/h13-15,17H,4-12H2,1-3H3/t15-,17+/m0/s1. The number of carbonyl (C=O) groups is 1. The smallest absolute Gasteiger partial charge is 0.222 e. The van der Waals surface area contributed by atoms with Gasteiger partial charge in [-0.15, -0.1) is 0 Å². The molecule has 2 fully saturated rings. The molecule has 0 aliphatic carbocycles. The molecule has 6 heteroatoms. The van der Waals surface area contributed by atoms with Gasteiger partial charge in [-0.25, -0.2) is 4.98 Å². The van der Waals surface area contributed by atoms with E-state index in [9.17, 15) is 4.79 Å². The summed E-state index contributed by atoms with van der Waals surface area (Å²) in [5, 5.41) is 0. The van der Waals surface area contributed by atoms with Crippen molar-refractivity contribution in [3.63, 3.8) is 0 Å². The van der Waals surface area contributed by atoms with Crippen molar-refractivity contribution >= 4 is 5.91 Å². The molecule has 3 heterocycles. The summed E-state index contributed by atoms with van der Waals surface area (Å²) in [6, 6.07) is 0.401. The number of hydrogen-bond donors (Lipinski definition) is 0. The van der Waals surface area contributed by atoms with Gasteiger partial charge in [0.2, 0.25) is 5.91 Å². The maximum absolute atomic E-state index is 12.3. The summed E-state index contributed by atoms with van der Waals surface area (Å²) >= 11 is 0. The zero-order chi connectivity index (χ0) is 17.8. The molecule has 0 aromatic carbocycles. The highest BCUT2D eigenvalue weighted by molar-refractivity contribution is 5.77. The first kappa shape index (κ1) is 18.4. The van der Waals surface area contributed by atoms with E-state index in [0.717, 1.165) is 63.6 Å². The summed E-state index contributed by atoms with van der Waals surface area (Å²) in [6.45, 7) is 8.64. The second kappa shape index (κ2) is 8.32. The van der Waals surface area contributed by atoms with Crippen LogP contribution in [0.1, 0.15) is 57.0 Å². The quantitative estimate of drug-likeness (QED) is 0.708. The Labute approximate surface area is 150 Å². The van der Waals surface area contributed by atoms with E-state index in [1.54, 1.807) is 13.4 Å². The van der Waals surface area contributed by atoms with Crippen molar-refractivity contribution in [2.45, 2.75) is 58.0 Å². The van der Waals surface area contributed by atoms with Gasteiger partial charge in [0.25, 0.3) is 0 Å². The number of methoxy groups -OCH3 is 1. The van der Waals surface area contributed by atoms with Crippen LogP contribution in [0.25, 0.3) is 0 Å². The Kier molecular flexibility index (Phi) is 6.12. The number of carbonyl (C=O) groups excluding carboxylic acids is 1. The highest BCUT2D eigenvalue weighted by atomic mass is 16.5. The molecule has 0 spiro atoms. The predicted molar refractivity (Wildman–Crippen MR) is 95.2 cm³/mol. The van der Waals surface area contributed by atoms with Gasteiger partial charge in [-0.1, -0.05) is 13.8 Å². The molecule has 1 aromatic heterocycles. The fourth-order valence-electron chi connectivity index (χ4n) is 4.13. The largest absolute Gasteiger partial charge is 0.448 e. The first-order valence-corrected chi connectivity index (χ1v) is 9.53. The molecule has 140 valence electrons. The van der Waals surface area contributed by atoms with Crippen LogP contribution in [0.5, 0.6) is 0 Å². The van der Waals surface area contributed by atoms with E-state index in [2.05, 4.69) is 28.6 Å². The van der Waals surface area contributed by atoms with E-state index < -0.39 is 0 Å². The highest BCUT2D eigenvalue weighted by Crippen LogP contribution is 2.32. The van der Waals surface area contributed by atoms with Crippen molar-refractivity contribution in [2.75, 3.05) is 33.4 Å². The lowest BCUT2D eigenvalue weighted by Gasteiger charge is -2.47. The molecule has 2 atom stereocenters. The van der Waals surface area contributed by atoms with Crippen molar-refractivity contribution in [1.29, 1.82) is 0 Å². The zero-order valence-corrected chi connectivity index (χ0v) is 15.7. The molecule has 1 amide bonds. The fraction of sp³-hybridized carbons (Fsp3) is 0.789. The Balaban J connectivity index is 1.56. The van der Waals surface area contributed by atoms with E-state index in [1.165, 1.54) is 0 Å². The second-order valence-electron chi connectivity index (χ2n) is 7.66. The van der Waals surface area contributed by atoms with Crippen LogP contribution in [-0.2, 0) is 16.1 Å². The Morgan fingerprint density at radius 3 is 2.96 bits per heavy atom. The number of rotatable bonds is 7. The van der Waals surface area contributed by atoms with Gasteiger partial charge < -0.3 is 14.1 Å². The molecular weight excluding hydrogens is 318 g/mol. The van der Waals surface area contributed by atoms with Gasteiger partial charge in [0, 0.05) is 58.3 Å². The molecule has 6 nitrogen and oxygen atoms in total. The van der Waals surface area contributed by atoms with Crippen molar-refractivity contribution in [2.24, 2.45) is 5.92 Å². The van der Waals surface area contributed by atoms with Crippen LogP contribution in [0, 0.1) is 5.92 Å². The predicted octanol–water partition coefficient (Wildman–Crippen LogP) is 2.65. The van der Waals surface area contributed by atoms with Crippen LogP contribution in [0.15, 0.2) is 10.7 Å². The summed E-state index contributed by atoms with van der Waals surface area (Å²) in [5.74, 6) is 2.04. The van der Waals surface area contributed by atoms with Crippen LogP contribution in [0.4, 0.5) is 0 Å². The van der Waals surface area contributed by atoms with Crippen LogP contribution in [-0.4, -0.2) is 60.1 Å². The lowest BCUT2D eigenvalue weighted by Crippen LogP contribution is -2.56. The molecule has 0 bridgehead atoms. The second-order valence-corrected chi connectivity index (χ2v) is 7.66. The third kappa shape index (κ3) is 4.42. The van der Waals surface area contributed by atoms with Gasteiger partial charge in [-0.2, -0.15) is 0 Å². The molecule has 3 rings (SSSR count). The minimum atomic E-state index is 0.323. The minimum Gasteiger partial charge on any atom is -0.448 e. The van der Waals surface area contributed by atoms with Crippen molar-refractivity contribution in [1.82, 2.24) is 14.8 Å². The summed E-state index contributed by atoms with van der Waals surface area (Å²) in [5.41, 5.74) is 1.02. The Bertz CT molecular complexity index is 572. The number of hydrogen-bond acceptors (Lipinski definition) is 5. The van der Waals surface area contributed by atoms with Gasteiger partial charge in [0.05, 0.1) is 5.69 Å². The van der Waals surface area contributed by atoms with Gasteiger partial charge in [-0.05, 0) is 25.2 Å². The van der Waals surface area contributed by atoms with Crippen LogP contribution < -0.4 is 0 Å². The summed E-state index contributed by atoms with van der Waals surface area (Å²) < 4.78 is 10.7. The maximum Gasteiger partial charge on any atom is 0.222 e. The molecule has 0 unspecified atom stereocenters. The summed E-state index contributed by atoms with van der Waals surface area (Å²) in [6.07, 6.45) is 5.47. The van der Waals surface area contributed by atoms with Crippen LogP contribution in [0.2, 0.25) is 0 Å². The molecule has 0 N–H and O–H groups in total. The lowest BCUT2D eigenvalue weighted by molar-refractivity contribution is -0.141. The van der Waals surface area contributed by atoms with E-state index in [-0.39, 0.29) is 0 Å².